The minimum Gasteiger partial charge on any atom is -0.478 e. The number of hydrogen-bond acceptors (Lipinski definition) is 4. The van der Waals surface area contributed by atoms with E-state index in [1.54, 1.807) is 12.3 Å². The van der Waals surface area contributed by atoms with Crippen LogP contribution in [0.25, 0.3) is 0 Å². The number of aromatic nitrogens is 2. The van der Waals surface area contributed by atoms with E-state index in [0.29, 0.717) is 18.4 Å². The van der Waals surface area contributed by atoms with Crippen molar-refractivity contribution in [1.82, 2.24) is 9.97 Å². The molecule has 0 saturated heterocycles. The maximum Gasteiger partial charge on any atom is 0.226 e. The lowest BCUT2D eigenvalue weighted by atomic mass is 10.2. The van der Waals surface area contributed by atoms with Gasteiger partial charge in [0.2, 0.25) is 11.8 Å². The summed E-state index contributed by atoms with van der Waals surface area (Å²) < 4.78 is 5.28. The molecule has 1 heterocycles. The molecule has 15 heavy (non-hydrogen) atoms. The van der Waals surface area contributed by atoms with E-state index in [9.17, 15) is 0 Å². The lowest BCUT2D eigenvalue weighted by Crippen LogP contribution is -2.16. The molecule has 4 heteroatoms. The van der Waals surface area contributed by atoms with Crippen molar-refractivity contribution in [2.45, 2.75) is 26.3 Å². The summed E-state index contributed by atoms with van der Waals surface area (Å²) in [5, 5.41) is 3.17. The van der Waals surface area contributed by atoms with E-state index in [1.165, 1.54) is 0 Å². The number of anilines is 1. The summed E-state index contributed by atoms with van der Waals surface area (Å²) in [5.74, 6) is 1.19. The molecule has 0 amide bonds. The van der Waals surface area contributed by atoms with Gasteiger partial charge in [-0.15, -0.1) is 6.58 Å². The van der Waals surface area contributed by atoms with Crippen molar-refractivity contribution < 1.29 is 4.74 Å². The highest BCUT2D eigenvalue weighted by Crippen LogP contribution is 2.09. The number of ether oxygens (including phenoxy) is 1. The summed E-state index contributed by atoms with van der Waals surface area (Å²) in [6, 6.07) is 2.02. The average Bonchev–Trinajstić information content (AvgIpc) is 2.19. The minimum atomic E-state index is 0.277. The van der Waals surface area contributed by atoms with Crippen LogP contribution in [0, 0.1) is 0 Å². The van der Waals surface area contributed by atoms with Crippen molar-refractivity contribution in [3.05, 3.63) is 24.9 Å². The van der Waals surface area contributed by atoms with E-state index in [4.69, 9.17) is 4.74 Å². The van der Waals surface area contributed by atoms with Crippen LogP contribution >= 0.6 is 0 Å². The summed E-state index contributed by atoms with van der Waals surface area (Å²) >= 11 is 0. The molecule has 0 fully saturated rings. The highest BCUT2D eigenvalue weighted by atomic mass is 16.5. The molecule has 0 radical (unpaired) electrons. The first-order valence-electron chi connectivity index (χ1n) is 5.09. The zero-order valence-corrected chi connectivity index (χ0v) is 9.23. The first-order chi connectivity index (χ1) is 7.26. The molecule has 0 bridgehead atoms. The van der Waals surface area contributed by atoms with E-state index in [2.05, 4.69) is 28.8 Å². The van der Waals surface area contributed by atoms with Crippen LogP contribution in [0.3, 0.4) is 0 Å². The van der Waals surface area contributed by atoms with E-state index in [0.717, 1.165) is 6.42 Å². The molecule has 1 unspecified atom stereocenters. The molecule has 1 rings (SSSR count). The number of nitrogens with zero attached hydrogens (tertiary/aromatic N) is 2. The Morgan fingerprint density at radius 3 is 3.13 bits per heavy atom. The number of hydrogen-bond donors (Lipinski definition) is 1. The second-order valence-electron chi connectivity index (χ2n) is 3.22. The molecule has 0 aromatic carbocycles. The summed E-state index contributed by atoms with van der Waals surface area (Å²) in [7, 11) is 0. The molecular formula is C11H17N3O. The third kappa shape index (κ3) is 3.97. The van der Waals surface area contributed by atoms with Crippen LogP contribution in [-0.4, -0.2) is 22.6 Å². The van der Waals surface area contributed by atoms with Crippen molar-refractivity contribution in [2.24, 2.45) is 0 Å². The van der Waals surface area contributed by atoms with E-state index < -0.39 is 0 Å². The second-order valence-corrected chi connectivity index (χ2v) is 3.22. The van der Waals surface area contributed by atoms with Crippen molar-refractivity contribution in [1.29, 1.82) is 0 Å². The molecular weight excluding hydrogens is 190 g/mol. The van der Waals surface area contributed by atoms with Crippen LogP contribution in [-0.2, 0) is 0 Å². The van der Waals surface area contributed by atoms with E-state index in [1.807, 2.05) is 13.0 Å². The Labute approximate surface area is 90.4 Å². The van der Waals surface area contributed by atoms with Crippen LogP contribution in [0.5, 0.6) is 5.88 Å². The molecule has 1 aromatic rings. The van der Waals surface area contributed by atoms with E-state index >= 15 is 0 Å². The van der Waals surface area contributed by atoms with Gasteiger partial charge in [0.25, 0.3) is 0 Å². The summed E-state index contributed by atoms with van der Waals surface area (Å²) in [5.41, 5.74) is 0. The van der Waals surface area contributed by atoms with Crippen LogP contribution in [0.4, 0.5) is 5.95 Å². The Kier molecular flexibility index (Phi) is 4.60. The maximum atomic E-state index is 5.28. The normalized spacial score (nSPS) is 11.9. The molecule has 1 N–H and O–H groups in total. The Bertz CT molecular complexity index is 314. The molecule has 4 nitrogen and oxygen atoms in total. The van der Waals surface area contributed by atoms with Crippen molar-refractivity contribution in [3.63, 3.8) is 0 Å². The van der Waals surface area contributed by atoms with Gasteiger partial charge in [-0.05, 0) is 20.3 Å². The van der Waals surface area contributed by atoms with Crippen molar-refractivity contribution >= 4 is 5.95 Å². The van der Waals surface area contributed by atoms with Gasteiger partial charge in [-0.1, -0.05) is 6.08 Å². The molecule has 0 spiro atoms. The smallest absolute Gasteiger partial charge is 0.226 e. The van der Waals surface area contributed by atoms with Gasteiger partial charge in [0, 0.05) is 18.3 Å². The van der Waals surface area contributed by atoms with Crippen molar-refractivity contribution in [2.75, 3.05) is 11.9 Å². The van der Waals surface area contributed by atoms with Crippen LogP contribution in [0.1, 0.15) is 20.3 Å². The van der Waals surface area contributed by atoms with Crippen molar-refractivity contribution in [3.8, 4) is 5.88 Å². The quantitative estimate of drug-likeness (QED) is 0.727. The second kappa shape index (κ2) is 6.01. The molecule has 1 aromatic heterocycles. The van der Waals surface area contributed by atoms with Gasteiger partial charge in [0.15, 0.2) is 0 Å². The lowest BCUT2D eigenvalue weighted by molar-refractivity contribution is 0.326. The Balaban J connectivity index is 2.60. The largest absolute Gasteiger partial charge is 0.478 e. The van der Waals surface area contributed by atoms with Crippen LogP contribution in [0.15, 0.2) is 24.9 Å². The van der Waals surface area contributed by atoms with Crippen LogP contribution in [0.2, 0.25) is 0 Å². The monoisotopic (exact) mass is 207 g/mol. The summed E-state index contributed by atoms with van der Waals surface area (Å²) in [6.07, 6.45) is 4.42. The maximum absolute atomic E-state index is 5.28. The molecule has 0 aliphatic heterocycles. The Morgan fingerprint density at radius 1 is 1.67 bits per heavy atom. The predicted octanol–water partition coefficient (Wildman–Crippen LogP) is 2.25. The fourth-order valence-corrected chi connectivity index (χ4v) is 1.17. The molecule has 1 atom stereocenters. The zero-order chi connectivity index (χ0) is 11.1. The predicted molar refractivity (Wildman–Crippen MR) is 61.1 cm³/mol. The third-order valence-electron chi connectivity index (χ3n) is 1.82. The number of rotatable bonds is 6. The van der Waals surface area contributed by atoms with E-state index in [-0.39, 0.29) is 6.04 Å². The first kappa shape index (κ1) is 11.5. The SMILES string of the molecule is C=CCC(C)Nc1nccc(OCC)n1. The van der Waals surface area contributed by atoms with Gasteiger partial charge in [0.1, 0.15) is 0 Å². The van der Waals surface area contributed by atoms with Crippen LogP contribution < -0.4 is 10.1 Å². The average molecular weight is 207 g/mol. The minimum absolute atomic E-state index is 0.277. The first-order valence-corrected chi connectivity index (χ1v) is 5.09. The topological polar surface area (TPSA) is 47.0 Å². The third-order valence-corrected chi connectivity index (χ3v) is 1.82. The standard InChI is InChI=1S/C11H17N3O/c1-4-6-9(3)13-11-12-8-7-10(14-11)15-5-2/h4,7-9H,1,5-6H2,2-3H3,(H,12,13,14). The highest BCUT2D eigenvalue weighted by Gasteiger charge is 2.03. The number of nitrogens with one attached hydrogen (secondary N) is 1. The fraction of sp³-hybridized carbons (Fsp3) is 0.455. The molecule has 0 aliphatic rings. The zero-order valence-electron chi connectivity index (χ0n) is 9.23. The Morgan fingerprint density at radius 2 is 2.47 bits per heavy atom. The molecule has 0 saturated carbocycles. The summed E-state index contributed by atoms with van der Waals surface area (Å²) in [4.78, 5) is 8.31. The van der Waals surface area contributed by atoms with Gasteiger partial charge in [-0.3, -0.25) is 0 Å². The molecule has 0 aliphatic carbocycles. The Hall–Kier alpha value is -1.58. The fourth-order valence-electron chi connectivity index (χ4n) is 1.17. The van der Waals surface area contributed by atoms with Gasteiger partial charge < -0.3 is 10.1 Å². The van der Waals surface area contributed by atoms with Gasteiger partial charge in [0.05, 0.1) is 6.61 Å². The van der Waals surface area contributed by atoms with Gasteiger partial charge in [-0.25, -0.2) is 4.98 Å². The molecule has 82 valence electrons. The lowest BCUT2D eigenvalue weighted by Gasteiger charge is -2.11. The summed E-state index contributed by atoms with van der Waals surface area (Å²) in [6.45, 7) is 8.27. The van der Waals surface area contributed by atoms with Gasteiger partial charge >= 0.3 is 0 Å². The van der Waals surface area contributed by atoms with Gasteiger partial charge in [-0.2, -0.15) is 4.98 Å². The highest BCUT2D eigenvalue weighted by molar-refractivity contribution is 5.28.